The van der Waals surface area contributed by atoms with E-state index in [1.165, 1.54) is 37.2 Å². The molecular formula is C13H15N5O3S. The van der Waals surface area contributed by atoms with Gasteiger partial charge in [0.2, 0.25) is 10.0 Å². The molecule has 22 heavy (non-hydrogen) atoms. The van der Waals surface area contributed by atoms with Crippen LogP contribution in [0.1, 0.15) is 5.82 Å². The van der Waals surface area contributed by atoms with Crippen molar-refractivity contribution in [2.45, 2.75) is 11.4 Å². The average molecular weight is 321 g/mol. The lowest BCUT2D eigenvalue weighted by atomic mass is 10.3. The SMILES string of the molecule is CN(C)S(=O)(=O)c1ccc(OCCn2cnc(C#N)n2)cc1. The molecule has 0 N–H and O–H groups in total. The van der Waals surface area contributed by atoms with Crippen molar-refractivity contribution < 1.29 is 13.2 Å². The van der Waals surface area contributed by atoms with E-state index in [4.69, 9.17) is 10.00 Å². The number of benzene rings is 1. The number of aromatic nitrogens is 3. The van der Waals surface area contributed by atoms with E-state index in [-0.39, 0.29) is 10.7 Å². The van der Waals surface area contributed by atoms with Gasteiger partial charge >= 0.3 is 0 Å². The van der Waals surface area contributed by atoms with Crippen molar-refractivity contribution in [1.82, 2.24) is 19.1 Å². The van der Waals surface area contributed by atoms with E-state index < -0.39 is 10.0 Å². The summed E-state index contributed by atoms with van der Waals surface area (Å²) in [5, 5.41) is 12.5. The van der Waals surface area contributed by atoms with Gasteiger partial charge in [-0.05, 0) is 24.3 Å². The zero-order chi connectivity index (χ0) is 16.2. The molecular weight excluding hydrogens is 306 g/mol. The van der Waals surface area contributed by atoms with Crippen LogP contribution in [0.4, 0.5) is 0 Å². The van der Waals surface area contributed by atoms with Crippen LogP contribution in [-0.2, 0) is 16.6 Å². The summed E-state index contributed by atoms with van der Waals surface area (Å²) in [6.07, 6.45) is 1.45. The van der Waals surface area contributed by atoms with Crippen LogP contribution >= 0.6 is 0 Å². The lowest BCUT2D eigenvalue weighted by molar-refractivity contribution is 0.291. The van der Waals surface area contributed by atoms with Crippen LogP contribution in [-0.4, -0.2) is 48.2 Å². The largest absolute Gasteiger partial charge is 0.492 e. The highest BCUT2D eigenvalue weighted by Crippen LogP contribution is 2.18. The first-order valence-electron chi connectivity index (χ1n) is 6.38. The van der Waals surface area contributed by atoms with Crippen molar-refractivity contribution in [2.75, 3.05) is 20.7 Å². The van der Waals surface area contributed by atoms with Crippen LogP contribution in [0.15, 0.2) is 35.5 Å². The van der Waals surface area contributed by atoms with Gasteiger partial charge in [-0.15, -0.1) is 5.10 Å². The zero-order valence-electron chi connectivity index (χ0n) is 12.2. The molecule has 0 radical (unpaired) electrons. The fraction of sp³-hybridized carbons (Fsp3) is 0.308. The predicted molar refractivity (Wildman–Crippen MR) is 77.5 cm³/mol. The molecule has 0 aliphatic carbocycles. The molecule has 0 bridgehead atoms. The summed E-state index contributed by atoms with van der Waals surface area (Å²) >= 11 is 0. The van der Waals surface area contributed by atoms with Gasteiger partial charge in [-0.1, -0.05) is 0 Å². The number of hydrogen-bond acceptors (Lipinski definition) is 6. The minimum atomic E-state index is -3.43. The van der Waals surface area contributed by atoms with Crippen molar-refractivity contribution in [2.24, 2.45) is 0 Å². The van der Waals surface area contributed by atoms with Crippen molar-refractivity contribution in [1.29, 1.82) is 5.26 Å². The van der Waals surface area contributed by atoms with Crippen molar-refractivity contribution in [3.05, 3.63) is 36.4 Å². The standard InChI is InChI=1S/C13H15N5O3S/c1-17(2)22(19,20)12-5-3-11(4-6-12)21-8-7-18-10-15-13(9-14)16-18/h3-6,10H,7-8H2,1-2H3. The van der Waals surface area contributed by atoms with Crippen LogP contribution in [0.5, 0.6) is 5.75 Å². The van der Waals surface area contributed by atoms with Crippen LogP contribution in [0.3, 0.4) is 0 Å². The molecule has 0 amide bonds. The van der Waals surface area contributed by atoms with Gasteiger partial charge in [-0.2, -0.15) is 5.26 Å². The monoisotopic (exact) mass is 321 g/mol. The third-order valence-electron chi connectivity index (χ3n) is 2.83. The summed E-state index contributed by atoms with van der Waals surface area (Å²) in [4.78, 5) is 3.99. The first kappa shape index (κ1) is 15.9. The van der Waals surface area contributed by atoms with Gasteiger partial charge in [-0.3, -0.25) is 0 Å². The fourth-order valence-electron chi connectivity index (χ4n) is 1.63. The van der Waals surface area contributed by atoms with Gasteiger partial charge in [0, 0.05) is 14.1 Å². The molecule has 0 aliphatic rings. The van der Waals surface area contributed by atoms with Crippen LogP contribution in [0.25, 0.3) is 0 Å². The molecule has 0 aliphatic heterocycles. The summed E-state index contributed by atoms with van der Waals surface area (Å²) in [6.45, 7) is 0.764. The Hall–Kier alpha value is -2.44. The maximum atomic E-state index is 11.9. The summed E-state index contributed by atoms with van der Waals surface area (Å²) in [5.74, 6) is 0.663. The van der Waals surface area contributed by atoms with Crippen LogP contribution in [0, 0.1) is 11.3 Å². The zero-order valence-corrected chi connectivity index (χ0v) is 13.0. The molecule has 0 saturated heterocycles. The van der Waals surface area contributed by atoms with E-state index in [0.717, 1.165) is 4.31 Å². The summed E-state index contributed by atoms with van der Waals surface area (Å²) in [6, 6.07) is 8.02. The Balaban J connectivity index is 1.93. The Bertz CT molecular complexity index is 775. The molecule has 2 rings (SSSR count). The molecule has 0 unspecified atom stereocenters. The average Bonchev–Trinajstić information content (AvgIpc) is 2.95. The third-order valence-corrected chi connectivity index (χ3v) is 4.66. The molecule has 1 aromatic carbocycles. The maximum absolute atomic E-state index is 11.9. The molecule has 0 atom stereocenters. The highest BCUT2D eigenvalue weighted by molar-refractivity contribution is 7.89. The lowest BCUT2D eigenvalue weighted by Crippen LogP contribution is -2.22. The number of nitriles is 1. The Morgan fingerprint density at radius 1 is 1.32 bits per heavy atom. The van der Waals surface area contributed by atoms with E-state index in [1.807, 2.05) is 6.07 Å². The summed E-state index contributed by atoms with van der Waals surface area (Å²) in [7, 11) is -0.473. The van der Waals surface area contributed by atoms with Gasteiger partial charge in [0.25, 0.3) is 5.82 Å². The van der Waals surface area contributed by atoms with Gasteiger partial charge in [0.15, 0.2) is 0 Å². The van der Waals surface area contributed by atoms with E-state index in [9.17, 15) is 8.42 Å². The van der Waals surface area contributed by atoms with Crippen LogP contribution in [0.2, 0.25) is 0 Å². The fourth-order valence-corrected chi connectivity index (χ4v) is 2.53. The second-order valence-corrected chi connectivity index (χ2v) is 6.70. The van der Waals surface area contributed by atoms with Gasteiger partial charge in [0.1, 0.15) is 24.8 Å². The Morgan fingerprint density at radius 2 is 2.00 bits per heavy atom. The Labute approximate surface area is 128 Å². The number of sulfonamides is 1. The quantitative estimate of drug-likeness (QED) is 0.767. The molecule has 0 spiro atoms. The van der Waals surface area contributed by atoms with E-state index in [0.29, 0.717) is 18.9 Å². The second kappa shape index (κ2) is 6.55. The van der Waals surface area contributed by atoms with Gasteiger partial charge in [0.05, 0.1) is 11.4 Å². The van der Waals surface area contributed by atoms with E-state index in [1.54, 1.807) is 12.1 Å². The lowest BCUT2D eigenvalue weighted by Gasteiger charge is -2.12. The van der Waals surface area contributed by atoms with Crippen molar-refractivity contribution in [3.63, 3.8) is 0 Å². The highest BCUT2D eigenvalue weighted by Gasteiger charge is 2.16. The van der Waals surface area contributed by atoms with Crippen LogP contribution < -0.4 is 4.74 Å². The molecule has 9 heteroatoms. The molecule has 116 valence electrons. The summed E-state index contributed by atoms with van der Waals surface area (Å²) < 4.78 is 32.0. The molecule has 0 fully saturated rings. The van der Waals surface area contributed by atoms with Gasteiger partial charge in [-0.25, -0.2) is 22.4 Å². The smallest absolute Gasteiger partial charge is 0.252 e. The summed E-state index contributed by atoms with van der Waals surface area (Å²) in [5.41, 5.74) is 0. The molecule has 8 nitrogen and oxygen atoms in total. The topological polar surface area (TPSA) is 101 Å². The normalized spacial score (nSPS) is 11.4. The molecule has 1 aromatic heterocycles. The second-order valence-electron chi connectivity index (χ2n) is 4.55. The Morgan fingerprint density at radius 3 is 2.55 bits per heavy atom. The van der Waals surface area contributed by atoms with Crippen molar-refractivity contribution in [3.8, 4) is 11.8 Å². The number of rotatable bonds is 6. The molecule has 1 heterocycles. The minimum absolute atomic E-state index is 0.109. The molecule has 2 aromatic rings. The highest BCUT2D eigenvalue weighted by atomic mass is 32.2. The first-order chi connectivity index (χ1) is 10.4. The molecule has 0 saturated carbocycles. The minimum Gasteiger partial charge on any atom is -0.492 e. The van der Waals surface area contributed by atoms with Gasteiger partial charge < -0.3 is 4.74 Å². The van der Waals surface area contributed by atoms with E-state index in [2.05, 4.69) is 10.1 Å². The number of ether oxygens (including phenoxy) is 1. The maximum Gasteiger partial charge on any atom is 0.252 e. The predicted octanol–water partition coefficient (Wildman–Crippen LogP) is 0.479. The number of nitrogens with zero attached hydrogens (tertiary/aromatic N) is 5. The number of hydrogen-bond donors (Lipinski definition) is 0. The van der Waals surface area contributed by atoms with E-state index >= 15 is 0 Å². The first-order valence-corrected chi connectivity index (χ1v) is 7.82. The third kappa shape index (κ3) is 3.60. The Kier molecular flexibility index (Phi) is 4.75. The van der Waals surface area contributed by atoms with Crippen molar-refractivity contribution >= 4 is 10.0 Å².